The lowest BCUT2D eigenvalue weighted by Crippen LogP contribution is -2.51. The second-order valence-corrected chi connectivity index (χ2v) is 5.29. The number of hydrogen-bond donors (Lipinski definition) is 2. The summed E-state index contributed by atoms with van der Waals surface area (Å²) in [6, 6.07) is 4.17. The van der Waals surface area contributed by atoms with E-state index in [1.54, 1.807) is 0 Å². The number of rotatable bonds is 5. The summed E-state index contributed by atoms with van der Waals surface area (Å²) in [5.74, 6) is -0.209. The molecule has 7 nitrogen and oxygen atoms in total. The molecule has 0 unspecified atom stereocenters. The molecule has 0 atom stereocenters. The Hall–Kier alpha value is -2.15. The van der Waals surface area contributed by atoms with Crippen molar-refractivity contribution in [2.75, 3.05) is 13.7 Å². The van der Waals surface area contributed by atoms with E-state index in [0.717, 1.165) is 25.7 Å². The first-order valence-electron chi connectivity index (χ1n) is 6.86. The molecule has 0 aromatic heterocycles. The Bertz CT molecular complexity index is 553. The number of benzene rings is 1. The highest BCUT2D eigenvalue weighted by Gasteiger charge is 2.34. The Balaban J connectivity index is 2.23. The van der Waals surface area contributed by atoms with Crippen LogP contribution in [0.2, 0.25) is 0 Å². The molecule has 21 heavy (non-hydrogen) atoms. The Morgan fingerprint density at radius 2 is 2.14 bits per heavy atom. The highest BCUT2D eigenvalue weighted by Crippen LogP contribution is 2.30. The number of hydrogen-bond acceptors (Lipinski definition) is 5. The minimum atomic E-state index is -0.566. The third kappa shape index (κ3) is 3.13. The van der Waals surface area contributed by atoms with Gasteiger partial charge in [0.15, 0.2) is 5.75 Å². The molecule has 114 valence electrons. The summed E-state index contributed by atoms with van der Waals surface area (Å²) >= 11 is 0. The van der Waals surface area contributed by atoms with Crippen LogP contribution in [0.3, 0.4) is 0 Å². The van der Waals surface area contributed by atoms with Gasteiger partial charge in [0.1, 0.15) is 0 Å². The molecule has 0 aliphatic heterocycles. The summed E-state index contributed by atoms with van der Waals surface area (Å²) in [7, 11) is 1.35. The number of nitrogens with one attached hydrogen (secondary N) is 1. The van der Waals surface area contributed by atoms with E-state index >= 15 is 0 Å². The molecular formula is C14H19N3O4. The van der Waals surface area contributed by atoms with Crippen LogP contribution >= 0.6 is 0 Å². The van der Waals surface area contributed by atoms with Crippen molar-refractivity contribution in [3.05, 3.63) is 33.9 Å². The molecule has 2 rings (SSSR count). The van der Waals surface area contributed by atoms with Crippen LogP contribution in [0.15, 0.2) is 18.2 Å². The molecule has 1 aromatic rings. The third-order valence-corrected chi connectivity index (χ3v) is 3.97. The van der Waals surface area contributed by atoms with Crippen molar-refractivity contribution in [3.63, 3.8) is 0 Å². The summed E-state index contributed by atoms with van der Waals surface area (Å²) in [5.41, 5.74) is 5.41. The minimum absolute atomic E-state index is 0.131. The van der Waals surface area contributed by atoms with Crippen LogP contribution in [-0.4, -0.2) is 30.0 Å². The largest absolute Gasteiger partial charge is 0.490 e. The van der Waals surface area contributed by atoms with E-state index in [9.17, 15) is 14.9 Å². The zero-order valence-corrected chi connectivity index (χ0v) is 11.9. The Labute approximate surface area is 122 Å². The molecule has 0 spiro atoms. The standard InChI is InChI=1S/C14H19N3O4/c1-21-12-5-4-10(8-11(12)17(19)20)13(18)16-14(9-15)6-2-3-7-14/h4-5,8H,2-3,6-7,9,15H2,1H3,(H,16,18). The predicted molar refractivity (Wildman–Crippen MR) is 77.4 cm³/mol. The van der Waals surface area contributed by atoms with Crippen molar-refractivity contribution in [3.8, 4) is 5.75 Å². The van der Waals surface area contributed by atoms with Crippen LogP contribution in [0.5, 0.6) is 5.75 Å². The molecule has 3 N–H and O–H groups in total. The summed E-state index contributed by atoms with van der Waals surface area (Å²) < 4.78 is 4.92. The fourth-order valence-corrected chi connectivity index (χ4v) is 2.72. The molecule has 0 bridgehead atoms. The van der Waals surface area contributed by atoms with Gasteiger partial charge in [0, 0.05) is 18.2 Å². The third-order valence-electron chi connectivity index (χ3n) is 3.97. The van der Waals surface area contributed by atoms with Gasteiger partial charge in [-0.15, -0.1) is 0 Å². The van der Waals surface area contributed by atoms with E-state index in [1.807, 2.05) is 0 Å². The maximum absolute atomic E-state index is 12.3. The SMILES string of the molecule is COc1ccc(C(=O)NC2(CN)CCCC2)cc1[N+](=O)[O-]. The van der Waals surface area contributed by atoms with Gasteiger partial charge in [-0.2, -0.15) is 0 Å². The molecule has 0 heterocycles. The smallest absolute Gasteiger partial charge is 0.311 e. The maximum Gasteiger partial charge on any atom is 0.311 e. The van der Waals surface area contributed by atoms with Gasteiger partial charge in [0.25, 0.3) is 5.91 Å². The molecule has 1 fully saturated rings. The van der Waals surface area contributed by atoms with Gasteiger partial charge in [-0.1, -0.05) is 12.8 Å². The van der Waals surface area contributed by atoms with Crippen molar-refractivity contribution >= 4 is 11.6 Å². The maximum atomic E-state index is 12.3. The summed E-state index contributed by atoms with van der Waals surface area (Å²) in [4.78, 5) is 22.7. The Morgan fingerprint density at radius 3 is 2.67 bits per heavy atom. The van der Waals surface area contributed by atoms with Crippen molar-refractivity contribution in [2.45, 2.75) is 31.2 Å². The lowest BCUT2D eigenvalue weighted by atomic mass is 9.97. The minimum Gasteiger partial charge on any atom is -0.490 e. The number of carbonyl (C=O) groups excluding carboxylic acids is 1. The summed E-state index contributed by atoms with van der Waals surface area (Å²) in [6.45, 7) is 0.372. The zero-order chi connectivity index (χ0) is 15.5. The highest BCUT2D eigenvalue weighted by atomic mass is 16.6. The average molecular weight is 293 g/mol. The molecule has 1 aliphatic rings. The fraction of sp³-hybridized carbons (Fsp3) is 0.500. The normalized spacial score (nSPS) is 16.5. The number of ether oxygens (including phenoxy) is 1. The first kappa shape index (κ1) is 15.2. The van der Waals surface area contributed by atoms with E-state index in [0.29, 0.717) is 6.54 Å². The first-order chi connectivity index (χ1) is 10.0. The Kier molecular flexibility index (Phi) is 4.42. The van der Waals surface area contributed by atoms with Crippen LogP contribution in [0, 0.1) is 10.1 Å². The quantitative estimate of drug-likeness (QED) is 0.633. The monoisotopic (exact) mass is 293 g/mol. The lowest BCUT2D eigenvalue weighted by Gasteiger charge is -2.28. The molecule has 1 amide bonds. The number of nitrogens with two attached hydrogens (primary N) is 1. The second-order valence-electron chi connectivity index (χ2n) is 5.29. The number of nitrogens with zero attached hydrogens (tertiary/aromatic N) is 1. The first-order valence-corrected chi connectivity index (χ1v) is 6.86. The zero-order valence-electron chi connectivity index (χ0n) is 11.9. The number of nitro benzene ring substituents is 1. The average Bonchev–Trinajstić information content (AvgIpc) is 2.95. The fourth-order valence-electron chi connectivity index (χ4n) is 2.72. The molecule has 0 radical (unpaired) electrons. The van der Waals surface area contributed by atoms with E-state index in [-0.39, 0.29) is 28.4 Å². The molecule has 7 heteroatoms. The van der Waals surface area contributed by atoms with Gasteiger partial charge >= 0.3 is 5.69 Å². The van der Waals surface area contributed by atoms with Crippen LogP contribution in [0.4, 0.5) is 5.69 Å². The van der Waals surface area contributed by atoms with Crippen LogP contribution in [0.1, 0.15) is 36.0 Å². The Morgan fingerprint density at radius 1 is 1.48 bits per heavy atom. The van der Waals surface area contributed by atoms with E-state index in [4.69, 9.17) is 10.5 Å². The van der Waals surface area contributed by atoms with Gasteiger partial charge in [0.2, 0.25) is 0 Å². The van der Waals surface area contributed by atoms with E-state index in [1.165, 1.54) is 25.3 Å². The lowest BCUT2D eigenvalue weighted by molar-refractivity contribution is -0.385. The van der Waals surface area contributed by atoms with Crippen molar-refractivity contribution < 1.29 is 14.5 Å². The van der Waals surface area contributed by atoms with Crippen molar-refractivity contribution in [2.24, 2.45) is 5.73 Å². The van der Waals surface area contributed by atoms with Crippen LogP contribution in [0.25, 0.3) is 0 Å². The van der Waals surface area contributed by atoms with Gasteiger partial charge < -0.3 is 15.8 Å². The number of nitro groups is 1. The number of methoxy groups -OCH3 is 1. The molecule has 1 aliphatic carbocycles. The second kappa shape index (κ2) is 6.09. The molecule has 1 saturated carbocycles. The van der Waals surface area contributed by atoms with Gasteiger partial charge in [-0.05, 0) is 25.0 Å². The predicted octanol–water partition coefficient (Wildman–Crippen LogP) is 1.60. The molecule has 1 aromatic carbocycles. The van der Waals surface area contributed by atoms with Crippen molar-refractivity contribution in [1.29, 1.82) is 0 Å². The summed E-state index contributed by atoms with van der Waals surface area (Å²) in [6.07, 6.45) is 3.74. The van der Waals surface area contributed by atoms with Crippen LogP contribution in [-0.2, 0) is 0 Å². The highest BCUT2D eigenvalue weighted by molar-refractivity contribution is 5.95. The van der Waals surface area contributed by atoms with Gasteiger partial charge in [-0.25, -0.2) is 0 Å². The van der Waals surface area contributed by atoms with E-state index in [2.05, 4.69) is 5.32 Å². The molecule has 0 saturated heterocycles. The van der Waals surface area contributed by atoms with Crippen molar-refractivity contribution in [1.82, 2.24) is 5.32 Å². The molecular weight excluding hydrogens is 274 g/mol. The number of amides is 1. The number of carbonyl (C=O) groups is 1. The van der Waals surface area contributed by atoms with Gasteiger partial charge in [0.05, 0.1) is 17.6 Å². The summed E-state index contributed by atoms with van der Waals surface area (Å²) in [5, 5.41) is 13.9. The topological polar surface area (TPSA) is 107 Å². The van der Waals surface area contributed by atoms with Gasteiger partial charge in [-0.3, -0.25) is 14.9 Å². The van der Waals surface area contributed by atoms with E-state index < -0.39 is 4.92 Å². The van der Waals surface area contributed by atoms with Crippen LogP contribution < -0.4 is 15.8 Å².